The molecule has 0 spiro atoms. The Morgan fingerprint density at radius 3 is 1.71 bits per heavy atom. The minimum Gasteiger partial charge on any atom is -0.310 e. The van der Waals surface area contributed by atoms with Gasteiger partial charge in [0.2, 0.25) is 6.71 Å². The summed E-state index contributed by atoms with van der Waals surface area (Å²) in [5, 5.41) is 5.48. The summed E-state index contributed by atoms with van der Waals surface area (Å²) < 4.78 is 0. The second-order valence-corrected chi connectivity index (χ2v) is 17.2. The van der Waals surface area contributed by atoms with Gasteiger partial charge in [-0.05, 0) is 62.2 Å². The first kappa shape index (κ1) is 28.6. The molecule has 2 aliphatic rings. The van der Waals surface area contributed by atoms with E-state index in [4.69, 9.17) is 0 Å². The first-order valence-electron chi connectivity index (χ1n) is 16.8. The van der Waals surface area contributed by atoms with Gasteiger partial charge in [0.1, 0.15) is 0 Å². The SMILES string of the molecule is CC1(C)c2ccccc2N(c2ccc(B3c4ccc#cc4[Si](c4ccccc4)(c4ccccc4)c4ccccc43)cc2)c2ccccc21. The van der Waals surface area contributed by atoms with Crippen molar-refractivity contribution in [2.45, 2.75) is 19.3 Å². The third-order valence-corrected chi connectivity index (χ3v) is 15.6. The third-order valence-electron chi connectivity index (χ3n) is 10.7. The van der Waals surface area contributed by atoms with Crippen molar-refractivity contribution in [3.05, 3.63) is 193 Å². The van der Waals surface area contributed by atoms with Crippen molar-refractivity contribution in [1.29, 1.82) is 0 Å². The van der Waals surface area contributed by atoms with Crippen LogP contribution in [-0.4, -0.2) is 14.8 Å². The zero-order valence-corrected chi connectivity index (χ0v) is 28.2. The van der Waals surface area contributed by atoms with E-state index in [0.29, 0.717) is 0 Å². The summed E-state index contributed by atoms with van der Waals surface area (Å²) in [6.45, 7) is 4.77. The molecule has 0 aliphatic carbocycles. The van der Waals surface area contributed by atoms with Crippen LogP contribution in [0.5, 0.6) is 0 Å². The molecule has 48 heavy (non-hydrogen) atoms. The van der Waals surface area contributed by atoms with Crippen LogP contribution >= 0.6 is 0 Å². The summed E-state index contributed by atoms with van der Waals surface area (Å²) >= 11 is 0. The summed E-state index contributed by atoms with van der Waals surface area (Å²) in [5.74, 6) is 0. The van der Waals surface area contributed by atoms with Crippen LogP contribution in [0.15, 0.2) is 170 Å². The molecule has 1 nitrogen and oxygen atoms in total. The minimum absolute atomic E-state index is 0.0828. The quantitative estimate of drug-likeness (QED) is 0.230. The maximum Gasteiger partial charge on any atom is 0.241 e. The van der Waals surface area contributed by atoms with E-state index in [2.05, 4.69) is 195 Å². The van der Waals surface area contributed by atoms with E-state index in [0.717, 1.165) is 0 Å². The van der Waals surface area contributed by atoms with Crippen LogP contribution in [0.4, 0.5) is 17.1 Å². The normalized spacial score (nSPS) is 15.0. The van der Waals surface area contributed by atoms with E-state index < -0.39 is 8.07 Å². The van der Waals surface area contributed by atoms with Crippen LogP contribution in [0, 0.1) is 12.1 Å². The van der Waals surface area contributed by atoms with E-state index in [1.54, 1.807) is 0 Å². The van der Waals surface area contributed by atoms with Gasteiger partial charge in [-0.3, -0.25) is 0 Å². The number of rotatable bonds is 4. The number of benzene rings is 6. The van der Waals surface area contributed by atoms with E-state index in [1.807, 2.05) is 6.07 Å². The van der Waals surface area contributed by atoms with Crippen molar-refractivity contribution in [2.24, 2.45) is 0 Å². The van der Waals surface area contributed by atoms with Gasteiger partial charge in [0.25, 0.3) is 0 Å². The molecule has 0 N–H and O–H groups in total. The Kier molecular flexibility index (Phi) is 6.57. The highest BCUT2D eigenvalue weighted by molar-refractivity contribution is 7.26. The highest BCUT2D eigenvalue weighted by atomic mass is 28.3. The van der Waals surface area contributed by atoms with Crippen molar-refractivity contribution < 1.29 is 0 Å². The zero-order valence-electron chi connectivity index (χ0n) is 27.2. The summed E-state index contributed by atoms with van der Waals surface area (Å²) in [6.07, 6.45) is 0. The van der Waals surface area contributed by atoms with Crippen LogP contribution in [0.2, 0.25) is 0 Å². The second kappa shape index (κ2) is 11.0. The molecule has 9 rings (SSSR count). The monoisotopic (exact) mass is 627 g/mol. The van der Waals surface area contributed by atoms with Crippen molar-refractivity contribution in [3.63, 3.8) is 0 Å². The van der Waals surface area contributed by atoms with Gasteiger partial charge >= 0.3 is 0 Å². The van der Waals surface area contributed by atoms with E-state index >= 15 is 0 Å². The molecule has 0 radical (unpaired) electrons. The molecule has 0 fully saturated rings. The molecule has 0 unspecified atom stereocenters. The Labute approximate surface area is 285 Å². The molecular formula is C45H34BNSi. The molecule has 0 aromatic heterocycles. The van der Waals surface area contributed by atoms with Crippen LogP contribution in [0.25, 0.3) is 0 Å². The summed E-state index contributed by atoms with van der Waals surface area (Å²) in [4.78, 5) is 2.44. The lowest BCUT2D eigenvalue weighted by Crippen LogP contribution is -2.86. The molecular weight excluding hydrogens is 593 g/mol. The van der Waals surface area contributed by atoms with Gasteiger partial charge in [0.05, 0.1) is 11.4 Å². The number of fused-ring (bicyclic) bond motifs is 4. The van der Waals surface area contributed by atoms with Crippen LogP contribution in [0.1, 0.15) is 25.0 Å². The fourth-order valence-corrected chi connectivity index (χ4v) is 13.7. The van der Waals surface area contributed by atoms with E-state index in [9.17, 15) is 0 Å². The third kappa shape index (κ3) is 4.06. The molecule has 2 aliphatic heterocycles. The first-order valence-corrected chi connectivity index (χ1v) is 18.8. The molecule has 2 heterocycles. The highest BCUT2D eigenvalue weighted by Crippen LogP contribution is 2.51. The minimum atomic E-state index is -2.68. The average molecular weight is 628 g/mol. The number of hydrogen-bond acceptors (Lipinski definition) is 1. The van der Waals surface area contributed by atoms with Gasteiger partial charge in [-0.1, -0.05) is 182 Å². The smallest absolute Gasteiger partial charge is 0.241 e. The fourth-order valence-electron chi connectivity index (χ4n) is 8.61. The maximum atomic E-state index is 3.74. The molecule has 3 heteroatoms. The number of para-hydroxylation sites is 2. The molecule has 226 valence electrons. The lowest BCUT2D eigenvalue weighted by molar-refractivity contribution is 0.632. The Morgan fingerprint density at radius 2 is 1.08 bits per heavy atom. The summed E-state index contributed by atoms with van der Waals surface area (Å²) in [7, 11) is -2.68. The Bertz CT molecular complexity index is 2140. The molecule has 0 bridgehead atoms. The molecule has 0 atom stereocenters. The van der Waals surface area contributed by atoms with Gasteiger partial charge < -0.3 is 4.90 Å². The molecule has 0 saturated heterocycles. The molecule has 0 amide bonds. The average Bonchev–Trinajstić information content (AvgIpc) is 3.15. The number of hydrogen-bond donors (Lipinski definition) is 0. The Morgan fingerprint density at radius 1 is 0.542 bits per heavy atom. The first-order chi connectivity index (χ1) is 23.6. The van der Waals surface area contributed by atoms with Crippen molar-refractivity contribution in [2.75, 3.05) is 4.90 Å². The van der Waals surface area contributed by atoms with E-state index in [1.165, 1.54) is 65.3 Å². The maximum absolute atomic E-state index is 3.74. The van der Waals surface area contributed by atoms with Crippen LogP contribution in [0.3, 0.4) is 0 Å². The topological polar surface area (TPSA) is 3.24 Å². The lowest BCUT2D eigenvalue weighted by atomic mass is 9.36. The number of anilines is 3. The molecule has 7 aromatic rings. The predicted octanol–water partition coefficient (Wildman–Crippen LogP) is 5.60. The van der Waals surface area contributed by atoms with Crippen molar-refractivity contribution in [3.8, 4) is 0 Å². The summed E-state index contributed by atoms with van der Waals surface area (Å²) in [5.41, 5.74) is 10.3. The standard InChI is InChI=1S/C45H34BNSi/c1-45(2)37-21-9-13-25-41(37)47(42-26-14-10-22-38(42)45)34-31-29-33(30-32-34)46-39-23-11-15-27-43(39)48(35-17-5-3-6-18-35,36-19-7-4-8-20-36)44-28-16-12-24-40(44)46/h3-15,17-27,29-32H,1-2H3. The van der Waals surface area contributed by atoms with E-state index in [-0.39, 0.29) is 12.1 Å². The van der Waals surface area contributed by atoms with Crippen molar-refractivity contribution in [1.82, 2.24) is 0 Å². The Hall–Kier alpha value is -5.56. The van der Waals surface area contributed by atoms with Gasteiger partial charge in [0.15, 0.2) is 8.07 Å². The largest absolute Gasteiger partial charge is 0.310 e. The predicted molar refractivity (Wildman–Crippen MR) is 206 cm³/mol. The van der Waals surface area contributed by atoms with Gasteiger partial charge in [0, 0.05) is 11.1 Å². The summed E-state index contributed by atoms with van der Waals surface area (Å²) in [6, 6.07) is 70.0. The zero-order chi connectivity index (χ0) is 32.3. The van der Waals surface area contributed by atoms with Gasteiger partial charge in [-0.2, -0.15) is 0 Å². The van der Waals surface area contributed by atoms with Crippen LogP contribution < -0.4 is 42.0 Å². The molecule has 0 saturated carbocycles. The second-order valence-electron chi connectivity index (χ2n) is 13.5. The Balaban J connectivity index is 1.23. The number of nitrogens with zero attached hydrogens (tertiary/aromatic N) is 1. The van der Waals surface area contributed by atoms with Crippen molar-refractivity contribution >= 4 is 69.0 Å². The fraction of sp³-hybridized carbons (Fsp3) is 0.0667. The molecule has 7 aromatic carbocycles. The van der Waals surface area contributed by atoms with Gasteiger partial charge in [-0.25, -0.2) is 0 Å². The van der Waals surface area contributed by atoms with Gasteiger partial charge in [-0.15, -0.1) is 0 Å². The highest BCUT2D eigenvalue weighted by Gasteiger charge is 2.50. The van der Waals surface area contributed by atoms with Crippen LogP contribution in [-0.2, 0) is 5.41 Å². The lowest BCUT2D eigenvalue weighted by Gasteiger charge is -2.42.